The first kappa shape index (κ1) is 21.2. The van der Waals surface area contributed by atoms with E-state index in [2.05, 4.69) is 12.2 Å². The molecule has 3 aromatic rings. The molecule has 0 spiro atoms. The molecule has 6 heteroatoms. The average Bonchev–Trinajstić information content (AvgIpc) is 3.00. The van der Waals surface area contributed by atoms with Gasteiger partial charge in [-0.05, 0) is 49.2 Å². The van der Waals surface area contributed by atoms with Crippen molar-refractivity contribution < 1.29 is 9.59 Å². The van der Waals surface area contributed by atoms with Crippen LogP contribution >= 0.6 is 23.4 Å². The fraction of sp³-hybridized carbons (Fsp3) is 0.120. The zero-order chi connectivity index (χ0) is 22.0. The molecule has 3 aromatic carbocycles. The fourth-order valence-electron chi connectivity index (χ4n) is 3.38. The number of hydrogen-bond acceptors (Lipinski definition) is 4. The minimum atomic E-state index is -0.418. The summed E-state index contributed by atoms with van der Waals surface area (Å²) in [7, 11) is 0. The molecule has 4 nitrogen and oxygen atoms in total. The highest BCUT2D eigenvalue weighted by Crippen LogP contribution is 2.40. The molecule has 1 N–H and O–H groups in total. The normalized spacial score (nSPS) is 13.8. The van der Waals surface area contributed by atoms with Gasteiger partial charge in [0.2, 0.25) is 0 Å². The van der Waals surface area contributed by atoms with E-state index in [9.17, 15) is 9.59 Å². The van der Waals surface area contributed by atoms with Gasteiger partial charge in [0.15, 0.2) is 0 Å². The van der Waals surface area contributed by atoms with E-state index in [0.717, 1.165) is 33.0 Å². The zero-order valence-electron chi connectivity index (χ0n) is 17.2. The number of thioether (sulfide) groups is 1. The number of amides is 2. The first-order chi connectivity index (χ1) is 15.0. The van der Waals surface area contributed by atoms with Crippen LogP contribution in [0.2, 0.25) is 5.02 Å². The van der Waals surface area contributed by atoms with Crippen molar-refractivity contribution in [3.8, 4) is 0 Å². The van der Waals surface area contributed by atoms with Crippen LogP contribution in [-0.4, -0.2) is 11.8 Å². The summed E-state index contributed by atoms with van der Waals surface area (Å²) < 4.78 is 0. The molecule has 0 radical (unpaired) electrons. The number of benzene rings is 3. The predicted molar refractivity (Wildman–Crippen MR) is 127 cm³/mol. The second-order valence-corrected chi connectivity index (χ2v) is 8.64. The molecule has 0 aromatic heterocycles. The number of para-hydroxylation sites is 2. The molecule has 1 aliphatic heterocycles. The third kappa shape index (κ3) is 4.24. The Kier molecular flexibility index (Phi) is 6.16. The molecule has 0 unspecified atom stereocenters. The van der Waals surface area contributed by atoms with Crippen LogP contribution in [0.25, 0.3) is 0 Å². The molecule has 0 saturated heterocycles. The van der Waals surface area contributed by atoms with Crippen molar-refractivity contribution in [1.82, 2.24) is 0 Å². The molecule has 0 atom stereocenters. The standard InChI is InChI=1S/C25H21ClN2O2S/c1-3-17-8-4-6-10-20(17)27-22-23(31-18-14-12-16(2)13-15-18)25(30)28(24(22)29)21-11-7-5-9-19(21)26/h4-15,27H,3H2,1-2H3. The van der Waals surface area contributed by atoms with Gasteiger partial charge in [-0.25, -0.2) is 4.90 Å². The smallest absolute Gasteiger partial charge is 0.283 e. The number of hydrogen-bond donors (Lipinski definition) is 1. The van der Waals surface area contributed by atoms with Gasteiger partial charge in [-0.2, -0.15) is 0 Å². The number of nitrogens with one attached hydrogen (secondary N) is 1. The van der Waals surface area contributed by atoms with Crippen molar-refractivity contribution in [1.29, 1.82) is 0 Å². The van der Waals surface area contributed by atoms with Gasteiger partial charge < -0.3 is 5.32 Å². The van der Waals surface area contributed by atoms with Gasteiger partial charge in [0, 0.05) is 10.6 Å². The molecule has 4 rings (SSSR count). The zero-order valence-corrected chi connectivity index (χ0v) is 18.8. The van der Waals surface area contributed by atoms with Crippen LogP contribution in [0.4, 0.5) is 11.4 Å². The second kappa shape index (κ2) is 9.00. The molecule has 0 bridgehead atoms. The average molecular weight is 449 g/mol. The number of halogens is 1. The Bertz CT molecular complexity index is 1190. The van der Waals surface area contributed by atoms with Crippen molar-refractivity contribution in [3.63, 3.8) is 0 Å². The van der Waals surface area contributed by atoms with Gasteiger partial charge in [-0.3, -0.25) is 9.59 Å². The summed E-state index contributed by atoms with van der Waals surface area (Å²) >= 11 is 7.60. The number of carbonyl (C=O) groups is 2. The Morgan fingerprint density at radius 1 is 0.903 bits per heavy atom. The molecular weight excluding hydrogens is 428 g/mol. The number of anilines is 2. The first-order valence-electron chi connectivity index (χ1n) is 9.96. The summed E-state index contributed by atoms with van der Waals surface area (Å²) in [6.45, 7) is 4.06. The molecule has 0 aliphatic carbocycles. The molecule has 1 aliphatic rings. The van der Waals surface area contributed by atoms with Crippen molar-refractivity contribution in [2.24, 2.45) is 0 Å². The van der Waals surface area contributed by atoms with E-state index in [1.807, 2.05) is 55.5 Å². The predicted octanol–water partition coefficient (Wildman–Crippen LogP) is 6.20. The lowest BCUT2D eigenvalue weighted by atomic mass is 10.1. The molecule has 0 fully saturated rings. The van der Waals surface area contributed by atoms with E-state index in [1.165, 1.54) is 11.8 Å². The first-order valence-corrected chi connectivity index (χ1v) is 11.2. The summed E-state index contributed by atoms with van der Waals surface area (Å²) in [5.74, 6) is -0.807. The van der Waals surface area contributed by atoms with Crippen molar-refractivity contribution >= 4 is 46.6 Å². The van der Waals surface area contributed by atoms with Crippen LogP contribution in [-0.2, 0) is 16.0 Å². The Morgan fingerprint density at radius 2 is 1.58 bits per heavy atom. The molecule has 156 valence electrons. The van der Waals surface area contributed by atoms with Crippen LogP contribution in [0.5, 0.6) is 0 Å². The van der Waals surface area contributed by atoms with Crippen LogP contribution in [0.3, 0.4) is 0 Å². The van der Waals surface area contributed by atoms with Crippen molar-refractivity contribution in [3.05, 3.63) is 99.5 Å². The Morgan fingerprint density at radius 3 is 2.29 bits per heavy atom. The summed E-state index contributed by atoms with van der Waals surface area (Å²) in [6.07, 6.45) is 0.799. The van der Waals surface area contributed by atoms with Crippen molar-refractivity contribution in [2.45, 2.75) is 25.2 Å². The van der Waals surface area contributed by atoms with E-state index in [4.69, 9.17) is 11.6 Å². The van der Waals surface area contributed by atoms with Crippen LogP contribution in [0, 0.1) is 6.92 Å². The maximum absolute atomic E-state index is 13.4. The SMILES string of the molecule is CCc1ccccc1NC1=C(Sc2ccc(C)cc2)C(=O)N(c2ccccc2Cl)C1=O. The van der Waals surface area contributed by atoms with Gasteiger partial charge >= 0.3 is 0 Å². The third-order valence-corrected chi connectivity index (χ3v) is 6.44. The molecule has 31 heavy (non-hydrogen) atoms. The van der Waals surface area contributed by atoms with E-state index < -0.39 is 5.91 Å². The summed E-state index contributed by atoms with van der Waals surface area (Å²) in [5.41, 5.74) is 3.63. The lowest BCUT2D eigenvalue weighted by Crippen LogP contribution is -2.32. The lowest BCUT2D eigenvalue weighted by molar-refractivity contribution is -0.120. The lowest BCUT2D eigenvalue weighted by Gasteiger charge is -2.17. The molecule has 0 saturated carbocycles. The Labute approximate surface area is 190 Å². The van der Waals surface area contributed by atoms with Crippen LogP contribution in [0.1, 0.15) is 18.1 Å². The van der Waals surface area contributed by atoms with Gasteiger partial charge in [0.25, 0.3) is 11.8 Å². The highest BCUT2D eigenvalue weighted by Gasteiger charge is 2.41. The topological polar surface area (TPSA) is 49.4 Å². The molecule has 1 heterocycles. The van der Waals surface area contributed by atoms with Gasteiger partial charge in [-0.1, -0.05) is 78.3 Å². The Hall–Kier alpha value is -3.02. The number of imide groups is 1. The third-order valence-electron chi connectivity index (χ3n) is 5.03. The summed E-state index contributed by atoms with van der Waals surface area (Å²) in [6, 6.07) is 22.5. The van der Waals surface area contributed by atoms with Crippen molar-refractivity contribution in [2.75, 3.05) is 10.2 Å². The van der Waals surface area contributed by atoms with E-state index in [-0.39, 0.29) is 11.6 Å². The minimum Gasteiger partial charge on any atom is -0.350 e. The minimum absolute atomic E-state index is 0.261. The van der Waals surface area contributed by atoms with Crippen LogP contribution < -0.4 is 10.2 Å². The fourth-order valence-corrected chi connectivity index (χ4v) is 4.52. The van der Waals surface area contributed by atoms with Gasteiger partial charge in [0.1, 0.15) is 10.6 Å². The maximum atomic E-state index is 13.4. The van der Waals surface area contributed by atoms with E-state index in [0.29, 0.717) is 15.6 Å². The van der Waals surface area contributed by atoms with E-state index >= 15 is 0 Å². The monoisotopic (exact) mass is 448 g/mol. The van der Waals surface area contributed by atoms with E-state index in [1.54, 1.807) is 24.3 Å². The highest BCUT2D eigenvalue weighted by molar-refractivity contribution is 8.04. The largest absolute Gasteiger partial charge is 0.350 e. The quantitative estimate of drug-likeness (QED) is 0.456. The Balaban J connectivity index is 1.78. The number of nitrogens with zero attached hydrogens (tertiary/aromatic N) is 1. The summed E-state index contributed by atoms with van der Waals surface area (Å²) in [5, 5.41) is 3.59. The number of aryl methyl sites for hydroxylation is 2. The molecule has 2 amide bonds. The number of carbonyl (C=O) groups excluding carboxylic acids is 2. The number of rotatable bonds is 6. The van der Waals surface area contributed by atoms with Crippen LogP contribution in [0.15, 0.2) is 88.3 Å². The van der Waals surface area contributed by atoms with Gasteiger partial charge in [-0.15, -0.1) is 0 Å². The van der Waals surface area contributed by atoms with Gasteiger partial charge in [0.05, 0.1) is 10.7 Å². The maximum Gasteiger partial charge on any atom is 0.283 e. The second-order valence-electron chi connectivity index (χ2n) is 7.15. The highest BCUT2D eigenvalue weighted by atomic mass is 35.5. The summed E-state index contributed by atoms with van der Waals surface area (Å²) in [4.78, 5) is 29.2. The molecular formula is C25H21ClN2O2S.